The molecule has 0 fully saturated rings. The molecule has 0 aromatic carbocycles. The van der Waals surface area contributed by atoms with Crippen LogP contribution < -0.4 is 6.25 Å². The predicted molar refractivity (Wildman–Crippen MR) is 37.7 cm³/mol. The predicted octanol–water partition coefficient (Wildman–Crippen LogP) is 0.130. The van der Waals surface area contributed by atoms with E-state index in [-0.39, 0.29) is 0 Å². The summed E-state index contributed by atoms with van der Waals surface area (Å²) in [6.07, 6.45) is 2.63. The van der Waals surface area contributed by atoms with Crippen molar-refractivity contribution in [3.8, 4) is 0 Å². The summed E-state index contributed by atoms with van der Waals surface area (Å²) in [6.45, 7) is 3.44. The van der Waals surface area contributed by atoms with Crippen LogP contribution in [0, 0.1) is 0 Å². The van der Waals surface area contributed by atoms with Crippen LogP contribution in [0.2, 0.25) is 0 Å². The van der Waals surface area contributed by atoms with Crippen molar-refractivity contribution in [2.75, 3.05) is 13.6 Å². The Hall–Kier alpha value is 0.842. The molecular formula is C5H14N2Pb. The first kappa shape index (κ1) is 8.84. The molecule has 0 spiro atoms. The van der Waals surface area contributed by atoms with E-state index in [9.17, 15) is 0 Å². The Balaban J connectivity index is 2.53. The van der Waals surface area contributed by atoms with Crippen LogP contribution in [0.5, 0.6) is 0 Å². The Labute approximate surface area is 64.5 Å². The Bertz CT molecular complexity index is 35.4. The monoisotopic (exact) mass is 310 g/mol. The number of nitrogens with one attached hydrogen (secondary N) is 2. The van der Waals surface area contributed by atoms with Gasteiger partial charge in [0.25, 0.3) is 0 Å². The molecule has 0 unspecified atom stereocenters. The van der Waals surface area contributed by atoms with E-state index in [0.29, 0.717) is 0 Å². The van der Waals surface area contributed by atoms with E-state index in [1.54, 1.807) is 0 Å². The zero-order valence-electron chi connectivity index (χ0n) is 5.62. The maximum atomic E-state index is 3.42. The van der Waals surface area contributed by atoms with Gasteiger partial charge in [0.15, 0.2) is 0 Å². The average Bonchev–Trinajstić information content (AvgIpc) is 1.81. The van der Waals surface area contributed by atoms with Crippen LogP contribution in [0.3, 0.4) is 0 Å². The fourth-order valence-electron chi connectivity index (χ4n) is 0.416. The van der Waals surface area contributed by atoms with Crippen molar-refractivity contribution < 1.29 is 0 Å². The van der Waals surface area contributed by atoms with Crippen molar-refractivity contribution in [2.24, 2.45) is 0 Å². The van der Waals surface area contributed by atoms with Gasteiger partial charge in [-0.2, -0.15) is 0 Å². The van der Waals surface area contributed by atoms with Crippen molar-refractivity contribution in [1.82, 2.24) is 6.25 Å². The van der Waals surface area contributed by atoms with Crippen LogP contribution in [-0.2, 0) is 0 Å². The summed E-state index contributed by atoms with van der Waals surface area (Å²) < 4.78 is 6.63. The molecule has 0 amide bonds. The zero-order chi connectivity index (χ0) is 6.24. The molecule has 0 aliphatic rings. The molecule has 8 heavy (non-hydrogen) atoms. The van der Waals surface area contributed by atoms with Crippen LogP contribution in [0.15, 0.2) is 0 Å². The molecular weight excluding hydrogens is 295 g/mol. The fraction of sp³-hybridized carbons (Fsp3) is 1.00. The van der Waals surface area contributed by atoms with Crippen LogP contribution in [0.25, 0.3) is 0 Å². The third-order valence-corrected chi connectivity index (χ3v) is 3.50. The first-order valence-corrected chi connectivity index (χ1v) is 6.95. The van der Waals surface area contributed by atoms with Gasteiger partial charge >= 0.3 is 64.4 Å². The Morgan fingerprint density at radius 3 is 2.75 bits per heavy atom. The molecule has 0 aromatic rings. The van der Waals surface area contributed by atoms with Gasteiger partial charge in [-0.05, 0) is 0 Å². The molecule has 0 rings (SSSR count). The average molecular weight is 309 g/mol. The standard InChI is InChI=1S/C4H10N.CH4N.Pb/c1-2-3-4-5;1-2;/h5H,2-4H2,1H3;2H,1H3;/q2*-1;+2. The second-order valence-electron chi connectivity index (χ2n) is 1.66. The van der Waals surface area contributed by atoms with E-state index < -0.39 is 24.8 Å². The molecule has 2 nitrogen and oxygen atoms in total. The summed E-state index contributed by atoms with van der Waals surface area (Å²) in [7, 11) is 2.03. The van der Waals surface area contributed by atoms with Crippen molar-refractivity contribution in [3.63, 3.8) is 0 Å². The topological polar surface area (TPSA) is 24.1 Å². The number of unbranched alkanes of at least 4 members (excludes halogenated alkanes) is 1. The maximum absolute atomic E-state index is 3.42. The van der Waals surface area contributed by atoms with Crippen molar-refractivity contribution in [2.45, 2.75) is 19.8 Å². The minimum absolute atomic E-state index is 0.510. The molecule has 48 valence electrons. The van der Waals surface area contributed by atoms with E-state index in [2.05, 4.69) is 13.2 Å². The minimum atomic E-state index is -0.510. The summed E-state index contributed by atoms with van der Waals surface area (Å²) >= 11 is -0.510. The number of rotatable bonds is 5. The van der Waals surface area contributed by atoms with Gasteiger partial charge in [-0.1, -0.05) is 0 Å². The van der Waals surface area contributed by atoms with E-state index in [1.165, 1.54) is 19.4 Å². The summed E-state index contributed by atoms with van der Waals surface area (Å²) in [5.41, 5.74) is 0. The fourth-order valence-corrected chi connectivity index (χ4v) is 2.28. The van der Waals surface area contributed by atoms with E-state index in [4.69, 9.17) is 0 Å². The third kappa shape index (κ3) is 6.84. The summed E-state index contributed by atoms with van der Waals surface area (Å²) in [5, 5.41) is 0. The molecule has 2 N–H and O–H groups in total. The van der Waals surface area contributed by atoms with E-state index in [1.807, 2.05) is 7.05 Å². The second-order valence-corrected chi connectivity index (χ2v) is 5.95. The van der Waals surface area contributed by atoms with E-state index in [0.717, 1.165) is 0 Å². The molecule has 0 aliphatic carbocycles. The number of hydrogen-bond donors (Lipinski definition) is 2. The first-order valence-electron chi connectivity index (χ1n) is 3.06. The van der Waals surface area contributed by atoms with Crippen molar-refractivity contribution in [1.29, 1.82) is 0 Å². The van der Waals surface area contributed by atoms with Gasteiger partial charge in [0.1, 0.15) is 0 Å². The third-order valence-electron chi connectivity index (χ3n) is 0.869. The molecule has 0 aliphatic heterocycles. The van der Waals surface area contributed by atoms with Gasteiger partial charge in [0.2, 0.25) is 0 Å². The normalized spacial score (nSPS) is 9.75. The zero-order valence-corrected chi connectivity index (χ0v) is 9.51. The summed E-state index contributed by atoms with van der Waals surface area (Å²) in [5.74, 6) is 0. The second kappa shape index (κ2) is 7.84. The summed E-state index contributed by atoms with van der Waals surface area (Å²) in [6, 6.07) is 0. The van der Waals surface area contributed by atoms with Gasteiger partial charge in [-0.3, -0.25) is 0 Å². The molecule has 0 atom stereocenters. The van der Waals surface area contributed by atoms with Gasteiger partial charge < -0.3 is 0 Å². The Morgan fingerprint density at radius 2 is 2.25 bits per heavy atom. The molecule has 0 saturated carbocycles. The summed E-state index contributed by atoms with van der Waals surface area (Å²) in [4.78, 5) is 0. The molecule has 0 aromatic heterocycles. The van der Waals surface area contributed by atoms with Gasteiger partial charge in [0.05, 0.1) is 0 Å². The van der Waals surface area contributed by atoms with Crippen LogP contribution >= 0.6 is 0 Å². The van der Waals surface area contributed by atoms with Crippen LogP contribution in [-0.4, -0.2) is 38.4 Å². The Morgan fingerprint density at radius 1 is 1.50 bits per heavy atom. The van der Waals surface area contributed by atoms with Crippen molar-refractivity contribution in [3.05, 3.63) is 0 Å². The quantitative estimate of drug-likeness (QED) is 0.557. The molecule has 3 heteroatoms. The molecule has 0 bridgehead atoms. The molecule has 0 saturated heterocycles. The van der Waals surface area contributed by atoms with Crippen LogP contribution in [0.1, 0.15) is 19.8 Å². The molecule has 0 heterocycles. The Kier molecular flexibility index (Phi) is 8.67. The van der Waals surface area contributed by atoms with Gasteiger partial charge in [-0.25, -0.2) is 0 Å². The first-order chi connectivity index (χ1) is 3.91. The molecule has 2 radical (unpaired) electrons. The SMILES string of the molecule is CCCC[NH][Pb][NH]C. The van der Waals surface area contributed by atoms with Gasteiger partial charge in [-0.15, -0.1) is 0 Å². The van der Waals surface area contributed by atoms with Crippen LogP contribution in [0.4, 0.5) is 0 Å². The van der Waals surface area contributed by atoms with E-state index >= 15 is 0 Å². The van der Waals surface area contributed by atoms with Gasteiger partial charge in [0, 0.05) is 0 Å². The number of hydrogen-bond acceptors (Lipinski definition) is 2. The van der Waals surface area contributed by atoms with Crippen molar-refractivity contribution >= 4 is 24.8 Å².